The highest BCUT2D eigenvalue weighted by molar-refractivity contribution is 7.92. The van der Waals surface area contributed by atoms with E-state index < -0.39 is 16.1 Å². The predicted molar refractivity (Wildman–Crippen MR) is 167 cm³/mol. The van der Waals surface area contributed by atoms with Gasteiger partial charge in [0.05, 0.1) is 11.9 Å². The molecule has 0 heterocycles. The van der Waals surface area contributed by atoms with Gasteiger partial charge in [0.1, 0.15) is 6.04 Å². The zero-order chi connectivity index (χ0) is 30.0. The molecule has 7 nitrogen and oxygen atoms in total. The van der Waals surface area contributed by atoms with E-state index in [-0.39, 0.29) is 37.7 Å². The maximum absolute atomic E-state index is 13.9. The molecule has 0 aliphatic rings. The van der Waals surface area contributed by atoms with E-state index in [1.807, 2.05) is 43.3 Å². The lowest BCUT2D eigenvalue weighted by molar-refractivity contribution is -0.141. The molecule has 1 N–H and O–H groups in total. The van der Waals surface area contributed by atoms with Crippen LogP contribution in [0, 0.1) is 6.92 Å². The molecule has 0 spiro atoms. The third kappa shape index (κ3) is 9.48. The van der Waals surface area contributed by atoms with E-state index in [2.05, 4.69) is 5.32 Å². The van der Waals surface area contributed by atoms with Gasteiger partial charge in [-0.05, 0) is 60.7 Å². The molecule has 0 saturated carbocycles. The first-order chi connectivity index (χ1) is 19.5. The van der Waals surface area contributed by atoms with Crippen molar-refractivity contribution in [1.29, 1.82) is 0 Å². The van der Waals surface area contributed by atoms with E-state index in [1.54, 1.807) is 48.2 Å². The fourth-order valence-corrected chi connectivity index (χ4v) is 6.00. The lowest BCUT2D eigenvalue weighted by Gasteiger charge is -2.32. The zero-order valence-electron chi connectivity index (χ0n) is 23.6. The number of benzene rings is 3. The van der Waals surface area contributed by atoms with E-state index in [0.717, 1.165) is 23.8 Å². The second kappa shape index (κ2) is 15.2. The molecular weight excluding hydrogens is 581 g/mol. The Hall–Kier alpha value is -3.07. The molecule has 3 rings (SSSR count). The van der Waals surface area contributed by atoms with Crippen molar-refractivity contribution in [3.63, 3.8) is 0 Å². The van der Waals surface area contributed by atoms with Gasteiger partial charge in [0.15, 0.2) is 0 Å². The van der Waals surface area contributed by atoms with Gasteiger partial charge >= 0.3 is 0 Å². The highest BCUT2D eigenvalue weighted by Crippen LogP contribution is 2.28. The molecule has 3 aromatic rings. The number of hydrogen-bond donors (Lipinski definition) is 1. The maximum Gasteiger partial charge on any atom is 0.243 e. The summed E-state index contributed by atoms with van der Waals surface area (Å²) < 4.78 is 26.7. The van der Waals surface area contributed by atoms with Crippen LogP contribution < -0.4 is 9.62 Å². The van der Waals surface area contributed by atoms with Crippen LogP contribution >= 0.6 is 23.2 Å². The molecule has 2 amide bonds. The summed E-state index contributed by atoms with van der Waals surface area (Å²) in [6.07, 6.45) is 2.52. The fourth-order valence-electron chi connectivity index (χ4n) is 4.60. The molecule has 0 saturated heterocycles. The number of nitrogens with zero attached hydrogens (tertiary/aromatic N) is 2. The molecule has 0 bridgehead atoms. The summed E-state index contributed by atoms with van der Waals surface area (Å²) in [4.78, 5) is 28.9. The quantitative estimate of drug-likeness (QED) is 0.240. The van der Waals surface area contributed by atoms with Crippen LogP contribution in [0.1, 0.15) is 42.9 Å². The minimum Gasteiger partial charge on any atom is -0.354 e. The topological polar surface area (TPSA) is 86.8 Å². The number of rotatable bonds is 14. The van der Waals surface area contributed by atoms with Crippen molar-refractivity contribution in [1.82, 2.24) is 10.2 Å². The molecule has 0 aliphatic heterocycles. The van der Waals surface area contributed by atoms with Crippen molar-refractivity contribution < 1.29 is 18.0 Å². The number of carbonyl (C=O) groups is 2. The standard InChI is InChI=1S/C31H37Cl2N3O4S/c1-4-18-34-31(38)29(21-24-11-6-5-7-12-24)35(22-25-13-8-14-26(32)20-25)30(37)17-10-19-36(41(3,39)40)28-16-9-15-27(33)23(28)2/h5-9,11-16,20,29H,4,10,17-19,21-22H2,1-3H3,(H,34,38). The van der Waals surface area contributed by atoms with Crippen LogP contribution in [-0.4, -0.2) is 50.5 Å². The fraction of sp³-hybridized carbons (Fsp3) is 0.355. The number of carbonyl (C=O) groups excluding carboxylic acids is 2. The van der Waals surface area contributed by atoms with Crippen molar-refractivity contribution in [3.8, 4) is 0 Å². The van der Waals surface area contributed by atoms with Gasteiger partial charge < -0.3 is 10.2 Å². The number of nitrogens with one attached hydrogen (secondary N) is 1. The Balaban J connectivity index is 1.89. The molecule has 0 fully saturated rings. The molecule has 0 aliphatic carbocycles. The first-order valence-corrected chi connectivity index (χ1v) is 16.2. The monoisotopic (exact) mass is 617 g/mol. The lowest BCUT2D eigenvalue weighted by Crippen LogP contribution is -2.50. The summed E-state index contributed by atoms with van der Waals surface area (Å²) in [5.41, 5.74) is 2.83. The SMILES string of the molecule is CCCNC(=O)C(Cc1ccccc1)N(Cc1cccc(Cl)c1)C(=O)CCCN(c1cccc(Cl)c1C)S(C)(=O)=O. The van der Waals surface area contributed by atoms with Gasteiger partial charge in [-0.25, -0.2) is 8.42 Å². The summed E-state index contributed by atoms with van der Waals surface area (Å²) in [6.45, 7) is 4.49. The molecule has 0 radical (unpaired) electrons. The van der Waals surface area contributed by atoms with Gasteiger partial charge in [-0.3, -0.25) is 13.9 Å². The molecule has 0 aromatic heterocycles. The van der Waals surface area contributed by atoms with Gasteiger partial charge in [0, 0.05) is 42.5 Å². The Labute approximate surface area is 253 Å². The van der Waals surface area contributed by atoms with E-state index in [0.29, 0.717) is 34.3 Å². The third-order valence-electron chi connectivity index (χ3n) is 6.72. The molecule has 3 aromatic carbocycles. The Morgan fingerprint density at radius 1 is 0.951 bits per heavy atom. The summed E-state index contributed by atoms with van der Waals surface area (Å²) in [6, 6.07) is 21.1. The molecular formula is C31H37Cl2N3O4S. The summed E-state index contributed by atoms with van der Waals surface area (Å²) in [7, 11) is -3.64. The molecule has 1 atom stereocenters. The highest BCUT2D eigenvalue weighted by Gasteiger charge is 2.30. The predicted octanol–water partition coefficient (Wildman–Crippen LogP) is 6.01. The zero-order valence-corrected chi connectivity index (χ0v) is 26.0. The largest absolute Gasteiger partial charge is 0.354 e. The number of amides is 2. The van der Waals surface area contributed by atoms with Gasteiger partial charge in [0.2, 0.25) is 21.8 Å². The Bertz CT molecular complexity index is 1430. The maximum atomic E-state index is 13.9. The van der Waals surface area contributed by atoms with Gasteiger partial charge in [-0.1, -0.05) is 78.7 Å². The average Bonchev–Trinajstić information content (AvgIpc) is 2.93. The molecule has 220 valence electrons. The van der Waals surface area contributed by atoms with Crippen LogP contribution in [0.15, 0.2) is 72.8 Å². The first kappa shape index (κ1) is 32.4. The van der Waals surface area contributed by atoms with Gasteiger partial charge in [-0.15, -0.1) is 0 Å². The van der Waals surface area contributed by atoms with E-state index in [4.69, 9.17) is 23.2 Å². The smallest absolute Gasteiger partial charge is 0.243 e. The van der Waals surface area contributed by atoms with Gasteiger partial charge in [-0.2, -0.15) is 0 Å². The van der Waals surface area contributed by atoms with Crippen LogP contribution in [0.5, 0.6) is 0 Å². The molecule has 1 unspecified atom stereocenters. The van der Waals surface area contributed by atoms with E-state index >= 15 is 0 Å². The summed E-state index contributed by atoms with van der Waals surface area (Å²) in [5.74, 6) is -0.493. The van der Waals surface area contributed by atoms with Gasteiger partial charge in [0.25, 0.3) is 0 Å². The van der Waals surface area contributed by atoms with Crippen LogP contribution in [0.4, 0.5) is 5.69 Å². The Morgan fingerprint density at radius 3 is 2.29 bits per heavy atom. The van der Waals surface area contributed by atoms with E-state index in [1.165, 1.54) is 4.31 Å². The number of sulfonamides is 1. The van der Waals surface area contributed by atoms with Crippen molar-refractivity contribution in [2.45, 2.75) is 52.1 Å². The number of halogens is 2. The van der Waals surface area contributed by atoms with Crippen molar-refractivity contribution >= 4 is 50.7 Å². The number of anilines is 1. The average molecular weight is 619 g/mol. The Kier molecular flexibility index (Phi) is 12.1. The van der Waals surface area contributed by atoms with Crippen molar-refractivity contribution in [2.24, 2.45) is 0 Å². The van der Waals surface area contributed by atoms with Crippen LogP contribution in [-0.2, 0) is 32.6 Å². The minimum absolute atomic E-state index is 0.0402. The Morgan fingerprint density at radius 2 is 1.63 bits per heavy atom. The lowest BCUT2D eigenvalue weighted by atomic mass is 10.0. The first-order valence-electron chi connectivity index (χ1n) is 13.6. The highest BCUT2D eigenvalue weighted by atomic mass is 35.5. The van der Waals surface area contributed by atoms with Crippen LogP contribution in [0.2, 0.25) is 10.0 Å². The van der Waals surface area contributed by atoms with Crippen LogP contribution in [0.25, 0.3) is 0 Å². The summed E-state index contributed by atoms with van der Waals surface area (Å²) >= 11 is 12.5. The second-order valence-corrected chi connectivity index (χ2v) is 12.7. The van der Waals surface area contributed by atoms with E-state index in [9.17, 15) is 18.0 Å². The normalized spacial score (nSPS) is 12.0. The minimum atomic E-state index is -3.64. The van der Waals surface area contributed by atoms with Crippen molar-refractivity contribution in [3.05, 3.63) is 99.5 Å². The third-order valence-corrected chi connectivity index (χ3v) is 8.55. The molecule has 41 heavy (non-hydrogen) atoms. The molecule has 10 heteroatoms. The van der Waals surface area contributed by atoms with Crippen LogP contribution in [0.3, 0.4) is 0 Å². The van der Waals surface area contributed by atoms with Crippen molar-refractivity contribution in [2.75, 3.05) is 23.7 Å². The number of hydrogen-bond acceptors (Lipinski definition) is 4. The second-order valence-electron chi connectivity index (χ2n) is 9.97. The summed E-state index contributed by atoms with van der Waals surface area (Å²) in [5, 5.41) is 3.95.